The summed E-state index contributed by atoms with van der Waals surface area (Å²) in [5.74, 6) is 0.251. The quantitative estimate of drug-likeness (QED) is 0.711. The Morgan fingerprint density at radius 3 is 2.50 bits per heavy atom. The summed E-state index contributed by atoms with van der Waals surface area (Å²) in [5, 5.41) is 10.0. The van der Waals surface area contributed by atoms with E-state index in [1.807, 2.05) is 0 Å². The molecule has 1 aliphatic heterocycles. The maximum absolute atomic E-state index is 11.4. The minimum atomic E-state index is -0.317. The lowest BCUT2D eigenvalue weighted by atomic mass is 9.78. The van der Waals surface area contributed by atoms with E-state index >= 15 is 0 Å². The van der Waals surface area contributed by atoms with Gasteiger partial charge in [0.1, 0.15) is 0 Å². The molecule has 0 radical (unpaired) electrons. The van der Waals surface area contributed by atoms with Gasteiger partial charge in [0.25, 0.3) is 0 Å². The monoisotopic (exact) mass is 226 g/mol. The van der Waals surface area contributed by atoms with Gasteiger partial charge in [-0.25, -0.2) is 4.79 Å². The largest absolute Gasteiger partial charge is 0.393 e. The highest BCUT2D eigenvalue weighted by atomic mass is 16.3. The van der Waals surface area contributed by atoms with Crippen molar-refractivity contribution >= 4 is 6.03 Å². The topological polar surface area (TPSA) is 66.6 Å². The molecule has 4 heteroatoms. The molecule has 16 heavy (non-hydrogen) atoms. The molecule has 4 nitrogen and oxygen atoms in total. The molecule has 0 aromatic rings. The van der Waals surface area contributed by atoms with E-state index in [9.17, 15) is 9.90 Å². The molecule has 2 rings (SSSR count). The third-order valence-electron chi connectivity index (χ3n) is 4.11. The second-order valence-corrected chi connectivity index (χ2v) is 5.11. The van der Waals surface area contributed by atoms with Crippen LogP contribution in [0.2, 0.25) is 0 Å². The predicted octanol–water partition coefficient (Wildman–Crippen LogP) is 1.47. The van der Waals surface area contributed by atoms with E-state index in [0.29, 0.717) is 0 Å². The number of nitrogens with two attached hydrogens (primary N) is 1. The summed E-state index contributed by atoms with van der Waals surface area (Å²) in [6, 6.07) is -0.135. The molecule has 3 N–H and O–H groups in total. The van der Waals surface area contributed by atoms with Gasteiger partial charge in [-0.3, -0.25) is 0 Å². The average Bonchev–Trinajstić information content (AvgIpc) is 2.29. The van der Waals surface area contributed by atoms with Crippen LogP contribution >= 0.6 is 0 Å². The molecule has 0 aromatic carbocycles. The van der Waals surface area contributed by atoms with Gasteiger partial charge in [0.2, 0.25) is 0 Å². The van der Waals surface area contributed by atoms with E-state index in [1.165, 1.54) is 6.42 Å². The molecule has 2 aliphatic rings. The molecule has 0 spiro atoms. The van der Waals surface area contributed by atoms with Crippen LogP contribution in [-0.4, -0.2) is 34.7 Å². The van der Waals surface area contributed by atoms with Crippen molar-refractivity contribution in [3.05, 3.63) is 0 Å². The second-order valence-electron chi connectivity index (χ2n) is 5.11. The van der Waals surface area contributed by atoms with Crippen molar-refractivity contribution in [2.24, 2.45) is 11.7 Å². The molecule has 1 saturated carbocycles. The Morgan fingerprint density at radius 1 is 1.12 bits per heavy atom. The van der Waals surface area contributed by atoms with Crippen molar-refractivity contribution in [2.75, 3.05) is 6.54 Å². The number of rotatable bonds is 1. The van der Waals surface area contributed by atoms with Crippen LogP contribution in [0.25, 0.3) is 0 Å². The van der Waals surface area contributed by atoms with Gasteiger partial charge in [-0.1, -0.05) is 12.8 Å². The molecule has 1 saturated heterocycles. The molecule has 2 fully saturated rings. The minimum absolute atomic E-state index is 0.182. The van der Waals surface area contributed by atoms with Gasteiger partial charge in [0.15, 0.2) is 0 Å². The number of aliphatic hydroxyl groups excluding tert-OH is 1. The van der Waals surface area contributed by atoms with Gasteiger partial charge in [0, 0.05) is 18.5 Å². The maximum atomic E-state index is 11.4. The molecule has 92 valence electrons. The van der Waals surface area contributed by atoms with Crippen molar-refractivity contribution < 1.29 is 9.90 Å². The number of urea groups is 1. The molecule has 0 aromatic heterocycles. The maximum Gasteiger partial charge on any atom is 0.315 e. The van der Waals surface area contributed by atoms with Crippen molar-refractivity contribution in [2.45, 2.75) is 57.1 Å². The normalized spacial score (nSPS) is 36.1. The molecule has 1 heterocycles. The van der Waals surface area contributed by atoms with E-state index in [0.717, 1.165) is 45.1 Å². The number of nitrogens with zero attached hydrogens (tertiary/aromatic N) is 1. The molecule has 2 amide bonds. The number of carbonyl (C=O) groups excluding carboxylic acids is 1. The lowest BCUT2D eigenvalue weighted by molar-refractivity contribution is 0.00970. The summed E-state index contributed by atoms with van der Waals surface area (Å²) in [7, 11) is 0. The third-order valence-corrected chi connectivity index (χ3v) is 4.11. The van der Waals surface area contributed by atoms with Crippen LogP contribution in [0.1, 0.15) is 44.9 Å². The highest BCUT2D eigenvalue weighted by molar-refractivity contribution is 5.72. The number of likely N-dealkylation sites (tertiary alicyclic amines) is 1. The lowest BCUT2D eigenvalue weighted by Gasteiger charge is -2.42. The van der Waals surface area contributed by atoms with Crippen molar-refractivity contribution in [1.82, 2.24) is 4.90 Å². The number of hydrogen-bond donors (Lipinski definition) is 2. The first-order chi connectivity index (χ1) is 7.70. The Kier molecular flexibility index (Phi) is 3.69. The first kappa shape index (κ1) is 11.7. The van der Waals surface area contributed by atoms with Crippen molar-refractivity contribution in [1.29, 1.82) is 0 Å². The molecule has 3 atom stereocenters. The van der Waals surface area contributed by atoms with E-state index in [4.69, 9.17) is 5.73 Å². The van der Waals surface area contributed by atoms with Crippen LogP contribution in [0.15, 0.2) is 0 Å². The van der Waals surface area contributed by atoms with Gasteiger partial charge in [-0.2, -0.15) is 0 Å². The van der Waals surface area contributed by atoms with Crippen LogP contribution in [0.5, 0.6) is 0 Å². The number of piperidine rings is 1. The number of primary amides is 1. The fraction of sp³-hybridized carbons (Fsp3) is 0.917. The standard InChI is InChI=1S/C12H22N2O2/c13-12(16)14-8-4-3-6-10(14)9-5-1-2-7-11(9)15/h9-11,15H,1-8H2,(H2,13,16). The summed E-state index contributed by atoms with van der Waals surface area (Å²) in [4.78, 5) is 13.2. The van der Waals surface area contributed by atoms with Crippen LogP contribution in [0.3, 0.4) is 0 Å². The summed E-state index contributed by atoms with van der Waals surface area (Å²) in [5.41, 5.74) is 5.42. The molecule has 0 bridgehead atoms. The molecular weight excluding hydrogens is 204 g/mol. The zero-order valence-electron chi connectivity index (χ0n) is 9.77. The SMILES string of the molecule is NC(=O)N1CCCCC1C1CCCCC1O. The molecule has 3 unspecified atom stereocenters. The first-order valence-corrected chi connectivity index (χ1v) is 6.44. The predicted molar refractivity (Wildman–Crippen MR) is 61.9 cm³/mol. The van der Waals surface area contributed by atoms with E-state index < -0.39 is 0 Å². The summed E-state index contributed by atoms with van der Waals surface area (Å²) < 4.78 is 0. The zero-order chi connectivity index (χ0) is 11.5. The highest BCUT2D eigenvalue weighted by Crippen LogP contribution is 2.33. The number of amides is 2. The zero-order valence-corrected chi connectivity index (χ0v) is 9.77. The second kappa shape index (κ2) is 5.04. The first-order valence-electron chi connectivity index (χ1n) is 6.44. The van der Waals surface area contributed by atoms with Crippen LogP contribution in [0.4, 0.5) is 4.79 Å². The van der Waals surface area contributed by atoms with Gasteiger partial charge in [-0.05, 0) is 32.1 Å². The summed E-state index contributed by atoms with van der Waals surface area (Å²) in [6.07, 6.45) is 7.17. The van der Waals surface area contributed by atoms with E-state index in [2.05, 4.69) is 0 Å². The van der Waals surface area contributed by atoms with E-state index in [-0.39, 0.29) is 24.1 Å². The average molecular weight is 226 g/mol. The smallest absolute Gasteiger partial charge is 0.315 e. The van der Waals surface area contributed by atoms with Gasteiger partial charge in [-0.15, -0.1) is 0 Å². The third kappa shape index (κ3) is 2.32. The van der Waals surface area contributed by atoms with Gasteiger partial charge < -0.3 is 15.7 Å². The van der Waals surface area contributed by atoms with Crippen LogP contribution < -0.4 is 5.73 Å². The van der Waals surface area contributed by atoms with Gasteiger partial charge in [0.05, 0.1) is 6.10 Å². The number of hydrogen-bond acceptors (Lipinski definition) is 2. The van der Waals surface area contributed by atoms with Crippen molar-refractivity contribution in [3.8, 4) is 0 Å². The number of aliphatic hydroxyl groups is 1. The molecule has 1 aliphatic carbocycles. The Morgan fingerprint density at radius 2 is 1.81 bits per heavy atom. The van der Waals surface area contributed by atoms with Crippen molar-refractivity contribution in [3.63, 3.8) is 0 Å². The number of carbonyl (C=O) groups is 1. The Labute approximate surface area is 96.8 Å². The fourth-order valence-corrected chi connectivity index (χ4v) is 3.26. The van der Waals surface area contributed by atoms with Gasteiger partial charge >= 0.3 is 6.03 Å². The van der Waals surface area contributed by atoms with Crippen LogP contribution in [-0.2, 0) is 0 Å². The lowest BCUT2D eigenvalue weighted by Crippen LogP contribution is -2.52. The Hall–Kier alpha value is -0.770. The molecular formula is C12H22N2O2. The summed E-state index contributed by atoms with van der Waals surface area (Å²) >= 11 is 0. The minimum Gasteiger partial charge on any atom is -0.393 e. The fourth-order valence-electron chi connectivity index (χ4n) is 3.26. The van der Waals surface area contributed by atoms with E-state index in [1.54, 1.807) is 4.90 Å². The highest BCUT2D eigenvalue weighted by Gasteiger charge is 2.36. The Balaban J connectivity index is 2.06. The summed E-state index contributed by atoms with van der Waals surface area (Å²) in [6.45, 7) is 0.767. The van der Waals surface area contributed by atoms with Crippen LogP contribution in [0, 0.1) is 5.92 Å². The Bertz CT molecular complexity index is 257.